The summed E-state index contributed by atoms with van der Waals surface area (Å²) in [6, 6.07) is 22.2. The first-order chi connectivity index (χ1) is 13.7. The molecule has 0 spiro atoms. The van der Waals surface area contributed by atoms with Crippen molar-refractivity contribution in [3.05, 3.63) is 95.1 Å². The highest BCUT2D eigenvalue weighted by Gasteiger charge is 2.50. The van der Waals surface area contributed by atoms with Crippen LogP contribution in [0.3, 0.4) is 0 Å². The third-order valence-electron chi connectivity index (χ3n) is 4.92. The number of hydrogen-bond acceptors (Lipinski definition) is 5. The van der Waals surface area contributed by atoms with Crippen LogP contribution in [-0.4, -0.2) is 24.8 Å². The summed E-state index contributed by atoms with van der Waals surface area (Å²) in [6.45, 7) is -0.0795. The minimum Gasteiger partial charge on any atom is -0.496 e. The monoisotopic (exact) mass is 376 g/mol. The van der Waals surface area contributed by atoms with E-state index < -0.39 is 18.2 Å². The third-order valence-corrected chi connectivity index (χ3v) is 4.92. The van der Waals surface area contributed by atoms with Crippen molar-refractivity contribution in [3.63, 3.8) is 0 Å². The molecule has 4 rings (SSSR count). The number of hydrogen-bond donors (Lipinski definition) is 1. The lowest BCUT2D eigenvalue weighted by Gasteiger charge is -2.30. The number of para-hydroxylation sites is 1. The zero-order valence-electron chi connectivity index (χ0n) is 15.4. The first-order valence-electron chi connectivity index (χ1n) is 8.97. The Morgan fingerprint density at radius 2 is 1.64 bits per heavy atom. The molecular formula is C23H20O5. The van der Waals surface area contributed by atoms with Crippen LogP contribution in [0.4, 0.5) is 0 Å². The van der Waals surface area contributed by atoms with Crippen molar-refractivity contribution in [2.24, 2.45) is 0 Å². The first-order valence-corrected chi connectivity index (χ1v) is 8.97. The summed E-state index contributed by atoms with van der Waals surface area (Å²) in [5.74, 6) is 0.517. The molecule has 3 aromatic rings. The fourth-order valence-electron chi connectivity index (χ4n) is 3.60. The molecule has 0 aromatic heterocycles. The third kappa shape index (κ3) is 2.90. The van der Waals surface area contributed by atoms with Crippen molar-refractivity contribution < 1.29 is 24.1 Å². The van der Waals surface area contributed by atoms with Crippen molar-refractivity contribution in [2.45, 2.75) is 12.2 Å². The second-order valence-corrected chi connectivity index (χ2v) is 6.53. The SMILES string of the molecule is COc1cccc2c1C(CO)(c1ccccc1OCc1ccccc1)OC2=O. The van der Waals surface area contributed by atoms with Crippen LogP contribution in [0.5, 0.6) is 11.5 Å². The molecule has 0 saturated carbocycles. The summed E-state index contributed by atoms with van der Waals surface area (Å²) in [4.78, 5) is 12.5. The molecule has 1 heterocycles. The van der Waals surface area contributed by atoms with E-state index in [0.717, 1.165) is 5.56 Å². The van der Waals surface area contributed by atoms with Crippen LogP contribution in [-0.2, 0) is 16.9 Å². The average Bonchev–Trinajstić information content (AvgIpc) is 3.06. The molecule has 1 unspecified atom stereocenters. The number of carbonyl (C=O) groups excluding carboxylic acids is 1. The molecule has 0 bridgehead atoms. The van der Waals surface area contributed by atoms with Gasteiger partial charge in [0.25, 0.3) is 0 Å². The van der Waals surface area contributed by atoms with Gasteiger partial charge in [0.05, 0.1) is 24.8 Å². The normalized spacial score (nSPS) is 17.7. The number of ether oxygens (including phenoxy) is 3. The minimum atomic E-state index is -1.38. The molecule has 3 aromatic carbocycles. The molecule has 28 heavy (non-hydrogen) atoms. The van der Waals surface area contributed by atoms with Crippen molar-refractivity contribution in [2.75, 3.05) is 13.7 Å². The van der Waals surface area contributed by atoms with E-state index in [1.54, 1.807) is 30.3 Å². The quantitative estimate of drug-likeness (QED) is 0.665. The average molecular weight is 376 g/mol. The predicted molar refractivity (Wildman–Crippen MR) is 103 cm³/mol. The van der Waals surface area contributed by atoms with Gasteiger partial charge in [-0.05, 0) is 23.8 Å². The highest BCUT2D eigenvalue weighted by Crippen LogP contribution is 2.48. The number of aliphatic hydroxyl groups excluding tert-OH is 1. The number of methoxy groups -OCH3 is 1. The maximum atomic E-state index is 12.5. The molecule has 142 valence electrons. The van der Waals surface area contributed by atoms with Crippen LogP contribution in [0.15, 0.2) is 72.8 Å². The highest BCUT2D eigenvalue weighted by molar-refractivity contribution is 5.96. The maximum Gasteiger partial charge on any atom is 0.340 e. The van der Waals surface area contributed by atoms with Crippen LogP contribution in [0, 0.1) is 0 Å². The largest absolute Gasteiger partial charge is 0.496 e. The number of rotatable bonds is 6. The molecule has 1 N–H and O–H groups in total. The van der Waals surface area contributed by atoms with E-state index in [0.29, 0.717) is 34.8 Å². The Morgan fingerprint density at radius 3 is 2.39 bits per heavy atom. The zero-order chi connectivity index (χ0) is 19.6. The topological polar surface area (TPSA) is 65.0 Å². The number of fused-ring (bicyclic) bond motifs is 1. The van der Waals surface area contributed by atoms with Crippen LogP contribution in [0.1, 0.15) is 27.0 Å². The first kappa shape index (κ1) is 18.1. The molecular weight excluding hydrogens is 356 g/mol. The lowest BCUT2D eigenvalue weighted by atomic mass is 9.85. The zero-order valence-corrected chi connectivity index (χ0v) is 15.4. The number of carbonyl (C=O) groups is 1. The number of benzene rings is 3. The lowest BCUT2D eigenvalue weighted by molar-refractivity contribution is -0.0172. The van der Waals surface area contributed by atoms with Crippen LogP contribution in [0.25, 0.3) is 0 Å². The van der Waals surface area contributed by atoms with Crippen molar-refractivity contribution in [1.29, 1.82) is 0 Å². The summed E-state index contributed by atoms with van der Waals surface area (Å²) in [5.41, 5.74) is 1.10. The second-order valence-electron chi connectivity index (χ2n) is 6.53. The van der Waals surface area contributed by atoms with E-state index in [1.165, 1.54) is 7.11 Å². The van der Waals surface area contributed by atoms with Gasteiger partial charge in [-0.2, -0.15) is 0 Å². The fourth-order valence-corrected chi connectivity index (χ4v) is 3.60. The van der Waals surface area contributed by atoms with Gasteiger partial charge in [-0.25, -0.2) is 4.79 Å². The number of esters is 1. The summed E-state index contributed by atoms with van der Waals surface area (Å²) < 4.78 is 17.3. The van der Waals surface area contributed by atoms with E-state index in [1.807, 2.05) is 42.5 Å². The van der Waals surface area contributed by atoms with Gasteiger partial charge in [0.2, 0.25) is 0 Å². The molecule has 1 aliphatic heterocycles. The van der Waals surface area contributed by atoms with Gasteiger partial charge >= 0.3 is 5.97 Å². The van der Waals surface area contributed by atoms with Crippen LogP contribution < -0.4 is 9.47 Å². The Hall–Kier alpha value is -3.31. The summed E-state index contributed by atoms with van der Waals surface area (Å²) in [6.07, 6.45) is 0. The Labute approximate surface area is 163 Å². The molecule has 0 aliphatic carbocycles. The second kappa shape index (κ2) is 7.37. The van der Waals surface area contributed by atoms with Gasteiger partial charge in [0.15, 0.2) is 5.60 Å². The van der Waals surface area contributed by atoms with E-state index in [-0.39, 0.29) is 0 Å². The smallest absolute Gasteiger partial charge is 0.340 e. The van der Waals surface area contributed by atoms with Gasteiger partial charge in [0.1, 0.15) is 18.1 Å². The molecule has 0 saturated heterocycles. The fraction of sp³-hybridized carbons (Fsp3) is 0.174. The molecule has 0 fully saturated rings. The van der Waals surface area contributed by atoms with Gasteiger partial charge in [-0.1, -0.05) is 54.6 Å². The minimum absolute atomic E-state index is 0.353. The highest BCUT2D eigenvalue weighted by atomic mass is 16.6. The van der Waals surface area contributed by atoms with Gasteiger partial charge in [-0.15, -0.1) is 0 Å². The molecule has 5 heteroatoms. The molecule has 1 atom stereocenters. The van der Waals surface area contributed by atoms with Gasteiger partial charge < -0.3 is 19.3 Å². The summed E-state index contributed by atoms with van der Waals surface area (Å²) >= 11 is 0. The molecule has 0 amide bonds. The Morgan fingerprint density at radius 1 is 0.929 bits per heavy atom. The molecule has 5 nitrogen and oxygen atoms in total. The van der Waals surface area contributed by atoms with E-state index in [2.05, 4.69) is 0 Å². The van der Waals surface area contributed by atoms with Crippen molar-refractivity contribution in [1.82, 2.24) is 0 Å². The van der Waals surface area contributed by atoms with Crippen LogP contribution >= 0.6 is 0 Å². The van der Waals surface area contributed by atoms with E-state index >= 15 is 0 Å². The Balaban J connectivity index is 1.80. The maximum absolute atomic E-state index is 12.5. The summed E-state index contributed by atoms with van der Waals surface area (Å²) in [7, 11) is 1.53. The van der Waals surface area contributed by atoms with Crippen LogP contribution in [0.2, 0.25) is 0 Å². The standard InChI is InChI=1S/C23H20O5/c1-26-20-13-7-10-17-21(20)23(15-24,28-22(17)25)18-11-5-6-12-19(18)27-14-16-8-3-2-4-9-16/h2-13,24H,14-15H2,1H3. The Kier molecular flexibility index (Phi) is 4.75. The van der Waals surface area contributed by atoms with E-state index in [9.17, 15) is 9.90 Å². The van der Waals surface area contributed by atoms with E-state index in [4.69, 9.17) is 14.2 Å². The van der Waals surface area contributed by atoms with Crippen molar-refractivity contribution >= 4 is 5.97 Å². The predicted octanol–water partition coefficient (Wildman–Crippen LogP) is 3.68. The number of cyclic esters (lactones) is 1. The number of aliphatic hydroxyl groups is 1. The summed E-state index contributed by atoms with van der Waals surface area (Å²) in [5, 5.41) is 10.4. The molecule has 0 radical (unpaired) electrons. The van der Waals surface area contributed by atoms with Gasteiger partial charge in [-0.3, -0.25) is 0 Å². The van der Waals surface area contributed by atoms with Gasteiger partial charge in [0, 0.05) is 5.56 Å². The lowest BCUT2D eigenvalue weighted by Crippen LogP contribution is -2.33. The van der Waals surface area contributed by atoms with Crippen molar-refractivity contribution in [3.8, 4) is 11.5 Å². The Bertz CT molecular complexity index is 999. The molecule has 1 aliphatic rings.